The molecule has 0 radical (unpaired) electrons. The SMILES string of the molecule is NC(=O)c1ccc(CN(CCO)C(=O)N(c2ccc3c(c2)OCO3)c2ccccc2N)cc1. The predicted molar refractivity (Wildman–Crippen MR) is 123 cm³/mol. The van der Waals surface area contributed by atoms with Crippen LogP contribution in [-0.2, 0) is 6.54 Å². The Kier molecular flexibility index (Phi) is 6.32. The first-order valence-corrected chi connectivity index (χ1v) is 10.3. The fourth-order valence-corrected chi connectivity index (χ4v) is 3.57. The Morgan fingerprint density at radius 3 is 2.39 bits per heavy atom. The number of carbonyl (C=O) groups excluding carboxylic acids is 2. The third-order valence-corrected chi connectivity index (χ3v) is 5.24. The number of fused-ring (bicyclic) bond motifs is 1. The Bertz CT molecular complexity index is 1170. The van der Waals surface area contributed by atoms with E-state index in [2.05, 4.69) is 0 Å². The van der Waals surface area contributed by atoms with Gasteiger partial charge in [0.05, 0.1) is 23.7 Å². The Hall–Kier alpha value is -4.24. The Balaban J connectivity index is 1.70. The maximum atomic E-state index is 13.8. The second kappa shape index (κ2) is 9.49. The molecule has 0 bridgehead atoms. The van der Waals surface area contributed by atoms with E-state index in [1.165, 1.54) is 9.80 Å². The molecule has 1 heterocycles. The van der Waals surface area contributed by atoms with Gasteiger partial charge >= 0.3 is 6.03 Å². The van der Waals surface area contributed by atoms with E-state index in [0.29, 0.717) is 34.1 Å². The quantitative estimate of drug-likeness (QED) is 0.476. The van der Waals surface area contributed by atoms with Crippen molar-refractivity contribution in [2.24, 2.45) is 5.73 Å². The summed E-state index contributed by atoms with van der Waals surface area (Å²) in [4.78, 5) is 28.1. The van der Waals surface area contributed by atoms with Crippen molar-refractivity contribution in [1.82, 2.24) is 4.90 Å². The summed E-state index contributed by atoms with van der Waals surface area (Å²) in [6.45, 7) is 0.166. The molecule has 1 aliphatic heterocycles. The fraction of sp³-hybridized carbons (Fsp3) is 0.167. The number of aliphatic hydroxyl groups is 1. The van der Waals surface area contributed by atoms with Gasteiger partial charge in [0, 0.05) is 24.7 Å². The van der Waals surface area contributed by atoms with Gasteiger partial charge in [0.1, 0.15) is 0 Å². The fourth-order valence-electron chi connectivity index (χ4n) is 3.57. The summed E-state index contributed by atoms with van der Waals surface area (Å²) < 4.78 is 10.9. The van der Waals surface area contributed by atoms with E-state index in [9.17, 15) is 14.7 Å². The van der Waals surface area contributed by atoms with Gasteiger partial charge in [0.25, 0.3) is 0 Å². The van der Waals surface area contributed by atoms with Crippen molar-refractivity contribution in [2.45, 2.75) is 6.54 Å². The number of nitrogens with zero attached hydrogens (tertiary/aromatic N) is 2. The zero-order valence-electron chi connectivity index (χ0n) is 17.8. The molecule has 0 spiro atoms. The average Bonchev–Trinajstić information content (AvgIpc) is 3.28. The van der Waals surface area contributed by atoms with Crippen LogP contribution in [0.3, 0.4) is 0 Å². The summed E-state index contributed by atoms with van der Waals surface area (Å²) in [5, 5.41) is 9.65. The number of carbonyl (C=O) groups is 2. The number of amides is 3. The number of nitrogens with two attached hydrogens (primary N) is 2. The predicted octanol–water partition coefficient (Wildman–Crippen LogP) is 2.85. The Morgan fingerprint density at radius 2 is 1.70 bits per heavy atom. The number of urea groups is 1. The topological polar surface area (TPSA) is 131 Å². The molecule has 5 N–H and O–H groups in total. The van der Waals surface area contributed by atoms with Crippen LogP contribution in [-0.4, -0.2) is 41.9 Å². The molecule has 0 aromatic heterocycles. The van der Waals surface area contributed by atoms with Gasteiger partial charge in [-0.1, -0.05) is 24.3 Å². The van der Waals surface area contributed by atoms with Crippen molar-refractivity contribution in [3.05, 3.63) is 77.9 Å². The van der Waals surface area contributed by atoms with Crippen molar-refractivity contribution in [3.8, 4) is 11.5 Å². The molecule has 3 aromatic rings. The third kappa shape index (κ3) is 4.68. The van der Waals surface area contributed by atoms with Gasteiger partial charge in [-0.25, -0.2) is 4.79 Å². The van der Waals surface area contributed by atoms with E-state index in [1.54, 1.807) is 66.7 Å². The highest BCUT2D eigenvalue weighted by molar-refractivity contribution is 6.02. The number of benzene rings is 3. The van der Waals surface area contributed by atoms with Crippen LogP contribution in [0, 0.1) is 0 Å². The highest BCUT2D eigenvalue weighted by atomic mass is 16.7. The second-order valence-corrected chi connectivity index (χ2v) is 7.42. The van der Waals surface area contributed by atoms with Crippen LogP contribution in [0.25, 0.3) is 0 Å². The first-order valence-electron chi connectivity index (χ1n) is 10.3. The summed E-state index contributed by atoms with van der Waals surface area (Å²) in [5.74, 6) is 0.586. The molecule has 3 amide bonds. The van der Waals surface area contributed by atoms with Gasteiger partial charge in [-0.3, -0.25) is 9.69 Å². The lowest BCUT2D eigenvalue weighted by atomic mass is 10.1. The number of hydrogen-bond donors (Lipinski definition) is 3. The minimum absolute atomic E-state index is 0.0875. The molecule has 9 nitrogen and oxygen atoms in total. The zero-order valence-corrected chi connectivity index (χ0v) is 17.8. The molecule has 0 unspecified atom stereocenters. The Morgan fingerprint density at radius 1 is 0.970 bits per heavy atom. The van der Waals surface area contributed by atoms with Gasteiger partial charge in [0.15, 0.2) is 11.5 Å². The molecule has 3 aromatic carbocycles. The number of nitrogen functional groups attached to an aromatic ring is 1. The molecule has 0 atom stereocenters. The molecular formula is C24H24N4O5. The molecule has 0 aliphatic carbocycles. The van der Waals surface area contributed by atoms with Crippen LogP contribution >= 0.6 is 0 Å². The van der Waals surface area contributed by atoms with Crippen molar-refractivity contribution < 1.29 is 24.2 Å². The van der Waals surface area contributed by atoms with Crippen LogP contribution in [0.15, 0.2) is 66.7 Å². The van der Waals surface area contributed by atoms with Crippen LogP contribution in [0.1, 0.15) is 15.9 Å². The Labute approximate surface area is 190 Å². The molecule has 0 saturated heterocycles. The monoisotopic (exact) mass is 448 g/mol. The standard InChI is InChI=1S/C24H24N4O5/c25-19-3-1-2-4-20(19)28(18-9-10-21-22(13-18)33-15-32-21)24(31)27(11-12-29)14-16-5-7-17(8-6-16)23(26)30/h1-10,13,29H,11-12,14-15,25H2,(H2,26,30). The number of hydrogen-bond acceptors (Lipinski definition) is 6. The van der Waals surface area contributed by atoms with E-state index in [1.807, 2.05) is 0 Å². The molecule has 9 heteroatoms. The number of para-hydroxylation sites is 2. The lowest BCUT2D eigenvalue weighted by Gasteiger charge is -2.31. The lowest BCUT2D eigenvalue weighted by Crippen LogP contribution is -2.42. The number of ether oxygens (including phenoxy) is 2. The largest absolute Gasteiger partial charge is 0.454 e. The average molecular weight is 448 g/mol. The number of anilines is 3. The van der Waals surface area contributed by atoms with Crippen LogP contribution in [0.4, 0.5) is 21.9 Å². The maximum absolute atomic E-state index is 13.8. The first-order chi connectivity index (χ1) is 16.0. The second-order valence-electron chi connectivity index (χ2n) is 7.42. The number of aliphatic hydroxyl groups excluding tert-OH is 1. The van der Waals surface area contributed by atoms with Gasteiger partial charge in [0.2, 0.25) is 12.7 Å². The molecule has 33 heavy (non-hydrogen) atoms. The molecule has 1 aliphatic rings. The molecule has 4 rings (SSSR count). The summed E-state index contributed by atoms with van der Waals surface area (Å²) in [5.41, 5.74) is 14.1. The van der Waals surface area contributed by atoms with E-state index in [-0.39, 0.29) is 32.5 Å². The first kappa shape index (κ1) is 22.0. The minimum Gasteiger partial charge on any atom is -0.454 e. The van der Waals surface area contributed by atoms with Crippen LogP contribution < -0.4 is 25.8 Å². The highest BCUT2D eigenvalue weighted by Gasteiger charge is 2.27. The normalized spacial score (nSPS) is 11.8. The van der Waals surface area contributed by atoms with Gasteiger partial charge in [-0.15, -0.1) is 0 Å². The summed E-state index contributed by atoms with van der Waals surface area (Å²) in [7, 11) is 0. The zero-order chi connectivity index (χ0) is 23.4. The summed E-state index contributed by atoms with van der Waals surface area (Å²) in [6.07, 6.45) is 0. The van der Waals surface area contributed by atoms with E-state index in [0.717, 1.165) is 5.56 Å². The van der Waals surface area contributed by atoms with Crippen LogP contribution in [0.2, 0.25) is 0 Å². The van der Waals surface area contributed by atoms with E-state index >= 15 is 0 Å². The number of primary amides is 1. The van der Waals surface area contributed by atoms with Gasteiger partial charge in [-0.2, -0.15) is 0 Å². The van der Waals surface area contributed by atoms with Crippen molar-refractivity contribution in [3.63, 3.8) is 0 Å². The van der Waals surface area contributed by atoms with Gasteiger partial charge < -0.3 is 30.9 Å². The van der Waals surface area contributed by atoms with E-state index < -0.39 is 5.91 Å². The van der Waals surface area contributed by atoms with Crippen molar-refractivity contribution in [2.75, 3.05) is 30.6 Å². The summed E-state index contributed by atoms with van der Waals surface area (Å²) >= 11 is 0. The number of rotatable bonds is 7. The molecule has 0 saturated carbocycles. The lowest BCUT2D eigenvalue weighted by molar-refractivity contribution is 0.1000. The molecular weight excluding hydrogens is 424 g/mol. The smallest absolute Gasteiger partial charge is 0.329 e. The van der Waals surface area contributed by atoms with Crippen LogP contribution in [0.5, 0.6) is 11.5 Å². The van der Waals surface area contributed by atoms with Gasteiger partial charge in [-0.05, 0) is 42.0 Å². The third-order valence-electron chi connectivity index (χ3n) is 5.24. The summed E-state index contributed by atoms with van der Waals surface area (Å²) in [6, 6.07) is 18.5. The maximum Gasteiger partial charge on any atom is 0.329 e. The van der Waals surface area contributed by atoms with Crippen molar-refractivity contribution in [1.29, 1.82) is 0 Å². The molecule has 0 fully saturated rings. The minimum atomic E-state index is -0.529. The highest BCUT2D eigenvalue weighted by Crippen LogP contribution is 2.39. The molecule has 170 valence electrons. The van der Waals surface area contributed by atoms with Crippen molar-refractivity contribution >= 4 is 29.0 Å². The van der Waals surface area contributed by atoms with E-state index in [4.69, 9.17) is 20.9 Å².